The van der Waals surface area contributed by atoms with Gasteiger partial charge in [0, 0.05) is 37.3 Å². The van der Waals surface area contributed by atoms with E-state index in [2.05, 4.69) is 20.1 Å². The Labute approximate surface area is 217 Å². The van der Waals surface area contributed by atoms with Crippen LogP contribution >= 0.6 is 0 Å². The Morgan fingerprint density at radius 2 is 1.37 bits per heavy atom. The molecular formula is C26H25F2N7O3. The second-order valence-electron chi connectivity index (χ2n) is 8.55. The third-order valence-electron chi connectivity index (χ3n) is 6.16. The van der Waals surface area contributed by atoms with Crippen LogP contribution in [0.3, 0.4) is 0 Å². The molecule has 1 fully saturated rings. The normalized spacial score (nSPS) is 13.5. The summed E-state index contributed by atoms with van der Waals surface area (Å²) < 4.78 is 38.9. The van der Waals surface area contributed by atoms with E-state index in [-0.39, 0.29) is 24.1 Å². The molecule has 0 spiro atoms. The van der Waals surface area contributed by atoms with Gasteiger partial charge in [-0.3, -0.25) is 4.79 Å². The minimum absolute atomic E-state index is 0.0651. The average Bonchev–Trinajstić information content (AvgIpc) is 3.37. The molecule has 1 aliphatic rings. The summed E-state index contributed by atoms with van der Waals surface area (Å²) >= 11 is 0. The number of carbonyl (C=O) groups is 1. The predicted octanol–water partition coefficient (Wildman–Crippen LogP) is 3.05. The van der Waals surface area contributed by atoms with Crippen LogP contribution < -0.4 is 14.4 Å². The number of amides is 1. The second kappa shape index (κ2) is 10.8. The standard InChI is InChI=1S/C26H25F2N7O3/c1-37-21-15-22(38-2)30-26(29-21)34-13-11-33(12-14-34)23(36)16-35-25(18-5-9-20(28)10-6-18)31-24(32-35)17-3-7-19(27)8-4-17/h3-10,15H,11-14,16H2,1-2H3. The van der Waals surface area contributed by atoms with Gasteiger partial charge in [-0.15, -0.1) is 5.10 Å². The number of ether oxygens (including phenoxy) is 2. The van der Waals surface area contributed by atoms with Gasteiger partial charge in [0.25, 0.3) is 0 Å². The molecule has 2 aromatic heterocycles. The highest BCUT2D eigenvalue weighted by Crippen LogP contribution is 2.24. The quantitative estimate of drug-likeness (QED) is 0.366. The van der Waals surface area contributed by atoms with Crippen LogP contribution in [0.15, 0.2) is 54.6 Å². The van der Waals surface area contributed by atoms with Crippen molar-refractivity contribution < 1.29 is 23.0 Å². The molecule has 2 aromatic carbocycles. The van der Waals surface area contributed by atoms with Crippen LogP contribution in [0, 0.1) is 11.6 Å². The number of piperazine rings is 1. The summed E-state index contributed by atoms with van der Waals surface area (Å²) in [6, 6.07) is 13.2. The van der Waals surface area contributed by atoms with Crippen LogP contribution in [0.5, 0.6) is 11.8 Å². The number of methoxy groups -OCH3 is 2. The zero-order chi connectivity index (χ0) is 26.6. The number of benzene rings is 2. The minimum atomic E-state index is -0.384. The van der Waals surface area contributed by atoms with Crippen LogP contribution in [-0.2, 0) is 11.3 Å². The van der Waals surface area contributed by atoms with Crippen LogP contribution in [0.25, 0.3) is 22.8 Å². The zero-order valence-corrected chi connectivity index (χ0v) is 20.8. The molecular weight excluding hydrogens is 496 g/mol. The molecule has 1 aliphatic heterocycles. The van der Waals surface area contributed by atoms with Gasteiger partial charge in [-0.05, 0) is 48.5 Å². The lowest BCUT2D eigenvalue weighted by Gasteiger charge is -2.34. The lowest BCUT2D eigenvalue weighted by Crippen LogP contribution is -2.50. The number of anilines is 1. The highest BCUT2D eigenvalue weighted by Gasteiger charge is 2.25. The van der Waals surface area contributed by atoms with Crippen molar-refractivity contribution in [2.45, 2.75) is 6.54 Å². The molecule has 0 unspecified atom stereocenters. The first kappa shape index (κ1) is 25.1. The van der Waals surface area contributed by atoms with E-state index in [4.69, 9.17) is 9.47 Å². The van der Waals surface area contributed by atoms with Crippen LogP contribution in [0.2, 0.25) is 0 Å². The zero-order valence-electron chi connectivity index (χ0n) is 20.8. The first-order valence-corrected chi connectivity index (χ1v) is 11.9. The van der Waals surface area contributed by atoms with E-state index in [1.54, 1.807) is 35.2 Å². The Morgan fingerprint density at radius 1 is 0.816 bits per heavy atom. The molecule has 3 heterocycles. The number of hydrogen-bond donors (Lipinski definition) is 0. The van der Waals surface area contributed by atoms with Gasteiger partial charge in [-0.1, -0.05) is 0 Å². The molecule has 0 saturated carbocycles. The third kappa shape index (κ3) is 5.38. The Hall–Kier alpha value is -4.61. The molecule has 38 heavy (non-hydrogen) atoms. The fraction of sp³-hybridized carbons (Fsp3) is 0.269. The van der Waals surface area contributed by atoms with Crippen molar-refractivity contribution in [3.63, 3.8) is 0 Å². The van der Waals surface area contributed by atoms with Gasteiger partial charge in [-0.2, -0.15) is 9.97 Å². The topological polar surface area (TPSA) is 98.5 Å². The lowest BCUT2D eigenvalue weighted by molar-refractivity contribution is -0.132. The van der Waals surface area contributed by atoms with Gasteiger partial charge < -0.3 is 19.3 Å². The van der Waals surface area contributed by atoms with Gasteiger partial charge in [-0.25, -0.2) is 18.4 Å². The molecule has 196 valence electrons. The summed E-state index contributed by atoms with van der Waals surface area (Å²) in [6.07, 6.45) is 0. The van der Waals surface area contributed by atoms with Crippen molar-refractivity contribution in [3.05, 3.63) is 66.2 Å². The van der Waals surface area contributed by atoms with E-state index in [1.165, 1.54) is 43.2 Å². The van der Waals surface area contributed by atoms with E-state index in [0.717, 1.165) is 0 Å². The molecule has 5 rings (SSSR count). The second-order valence-corrected chi connectivity index (χ2v) is 8.55. The van der Waals surface area contributed by atoms with Crippen molar-refractivity contribution in [2.24, 2.45) is 0 Å². The van der Waals surface area contributed by atoms with Crippen molar-refractivity contribution in [2.75, 3.05) is 45.3 Å². The number of rotatable bonds is 7. The molecule has 0 N–H and O–H groups in total. The van der Waals surface area contributed by atoms with E-state index >= 15 is 0 Å². The summed E-state index contributed by atoms with van der Waals surface area (Å²) in [5.41, 5.74) is 1.21. The fourth-order valence-corrected chi connectivity index (χ4v) is 4.11. The third-order valence-corrected chi connectivity index (χ3v) is 6.16. The number of aromatic nitrogens is 5. The number of hydrogen-bond acceptors (Lipinski definition) is 8. The van der Waals surface area contributed by atoms with Crippen molar-refractivity contribution >= 4 is 11.9 Å². The van der Waals surface area contributed by atoms with Crippen molar-refractivity contribution in [1.82, 2.24) is 29.6 Å². The van der Waals surface area contributed by atoms with E-state index in [9.17, 15) is 13.6 Å². The molecule has 0 aliphatic carbocycles. The highest BCUT2D eigenvalue weighted by atomic mass is 19.1. The summed E-state index contributed by atoms with van der Waals surface area (Å²) in [6.45, 7) is 1.88. The predicted molar refractivity (Wildman–Crippen MR) is 135 cm³/mol. The first-order valence-electron chi connectivity index (χ1n) is 11.9. The Balaban J connectivity index is 1.33. The van der Waals surface area contributed by atoms with Gasteiger partial charge in [0.2, 0.25) is 23.6 Å². The van der Waals surface area contributed by atoms with Crippen LogP contribution in [-0.4, -0.2) is 75.9 Å². The van der Waals surface area contributed by atoms with Crippen LogP contribution in [0.1, 0.15) is 0 Å². The molecule has 4 aromatic rings. The molecule has 1 amide bonds. The molecule has 0 atom stereocenters. The molecule has 0 bridgehead atoms. The van der Waals surface area contributed by atoms with Crippen LogP contribution in [0.4, 0.5) is 14.7 Å². The Bertz CT molecular complexity index is 1400. The largest absolute Gasteiger partial charge is 0.481 e. The Kier molecular flexibility index (Phi) is 7.11. The number of carbonyl (C=O) groups excluding carboxylic acids is 1. The number of halogens is 2. The Morgan fingerprint density at radius 3 is 1.92 bits per heavy atom. The smallest absolute Gasteiger partial charge is 0.244 e. The fourth-order valence-electron chi connectivity index (χ4n) is 4.11. The van der Waals surface area contributed by atoms with Gasteiger partial charge in [0.1, 0.15) is 18.2 Å². The summed E-state index contributed by atoms with van der Waals surface area (Å²) in [4.78, 5) is 30.3. The highest BCUT2D eigenvalue weighted by molar-refractivity contribution is 5.77. The van der Waals surface area contributed by atoms with E-state index in [1.807, 2.05) is 4.90 Å². The maximum Gasteiger partial charge on any atom is 0.244 e. The summed E-state index contributed by atoms with van der Waals surface area (Å²) in [5.74, 6) is 1.09. The maximum absolute atomic E-state index is 13.5. The lowest BCUT2D eigenvalue weighted by atomic mass is 10.2. The van der Waals surface area contributed by atoms with Crippen molar-refractivity contribution in [3.8, 4) is 34.5 Å². The molecule has 12 heteroatoms. The molecule has 10 nitrogen and oxygen atoms in total. The SMILES string of the molecule is COc1cc(OC)nc(N2CCN(C(=O)Cn3nc(-c4ccc(F)cc4)nc3-c3ccc(F)cc3)CC2)n1. The molecule has 1 saturated heterocycles. The van der Waals surface area contributed by atoms with Gasteiger partial charge in [0.05, 0.1) is 20.3 Å². The maximum atomic E-state index is 13.5. The summed E-state index contributed by atoms with van der Waals surface area (Å²) in [5, 5.41) is 4.53. The van der Waals surface area contributed by atoms with E-state index in [0.29, 0.717) is 66.7 Å². The van der Waals surface area contributed by atoms with E-state index < -0.39 is 0 Å². The first-order chi connectivity index (χ1) is 18.4. The van der Waals surface area contributed by atoms with Crippen molar-refractivity contribution in [1.29, 1.82) is 0 Å². The van der Waals surface area contributed by atoms with Gasteiger partial charge >= 0.3 is 0 Å². The molecule has 0 radical (unpaired) electrons. The summed E-state index contributed by atoms with van der Waals surface area (Å²) in [7, 11) is 3.04. The minimum Gasteiger partial charge on any atom is -0.481 e. The number of nitrogens with zero attached hydrogens (tertiary/aromatic N) is 7. The van der Waals surface area contributed by atoms with Gasteiger partial charge in [0.15, 0.2) is 11.6 Å². The monoisotopic (exact) mass is 521 g/mol. The average molecular weight is 522 g/mol.